The van der Waals surface area contributed by atoms with Crippen LogP contribution in [0.3, 0.4) is 0 Å². The summed E-state index contributed by atoms with van der Waals surface area (Å²) in [6.07, 6.45) is 8.70. The molecule has 1 aromatic carbocycles. The van der Waals surface area contributed by atoms with E-state index in [0.717, 1.165) is 80.2 Å². The first kappa shape index (κ1) is 27.8. The van der Waals surface area contributed by atoms with Crippen LogP contribution in [0.5, 0.6) is 17.2 Å². The summed E-state index contributed by atoms with van der Waals surface area (Å²) < 4.78 is 22.7. The van der Waals surface area contributed by atoms with E-state index in [0.29, 0.717) is 12.6 Å². The van der Waals surface area contributed by atoms with Crippen molar-refractivity contribution in [3.05, 3.63) is 17.7 Å². The van der Waals surface area contributed by atoms with Crippen LogP contribution in [0.1, 0.15) is 51.0 Å². The second kappa shape index (κ2) is 14.8. The summed E-state index contributed by atoms with van der Waals surface area (Å²) in [6.45, 7) is 6.53. The average molecular weight is 576 g/mol. The zero-order chi connectivity index (χ0) is 22.8. The van der Waals surface area contributed by atoms with Gasteiger partial charge in [0.15, 0.2) is 5.96 Å². The number of piperidine rings is 1. The number of nitrogens with zero attached hydrogens (tertiary/aromatic N) is 2. The Morgan fingerprint density at radius 2 is 1.64 bits per heavy atom. The number of rotatable bonds is 10. The molecule has 188 valence electrons. The van der Waals surface area contributed by atoms with Crippen LogP contribution in [-0.2, 0) is 11.2 Å². The minimum atomic E-state index is 0. The van der Waals surface area contributed by atoms with Gasteiger partial charge in [-0.3, -0.25) is 4.99 Å². The molecule has 0 spiro atoms. The lowest BCUT2D eigenvalue weighted by Crippen LogP contribution is -2.47. The normalized spacial score (nSPS) is 17.6. The third-order valence-electron chi connectivity index (χ3n) is 6.56. The van der Waals surface area contributed by atoms with Crippen molar-refractivity contribution < 1.29 is 18.9 Å². The molecule has 0 bridgehead atoms. The van der Waals surface area contributed by atoms with Gasteiger partial charge in [-0.2, -0.15) is 0 Å². The van der Waals surface area contributed by atoms with Gasteiger partial charge < -0.3 is 29.2 Å². The standard InChI is InChI=1S/C25H41N3O4.HI/c1-5-26-25(28-14-11-20(12-15-28)32-18-19-8-6-7-9-19)27-13-10-22-23(30-3)16-21(29-2)17-24(22)31-4;/h16-17,19-20H,5-15,18H2,1-4H3,(H,26,27);1H. The summed E-state index contributed by atoms with van der Waals surface area (Å²) in [6, 6.07) is 3.78. The van der Waals surface area contributed by atoms with Crippen LogP contribution in [0.4, 0.5) is 0 Å². The Morgan fingerprint density at radius 1 is 1.00 bits per heavy atom. The molecule has 7 nitrogen and oxygen atoms in total. The van der Waals surface area contributed by atoms with Crippen molar-refractivity contribution in [3.8, 4) is 17.2 Å². The zero-order valence-electron chi connectivity index (χ0n) is 20.7. The van der Waals surface area contributed by atoms with Crippen molar-refractivity contribution in [3.63, 3.8) is 0 Å². The summed E-state index contributed by atoms with van der Waals surface area (Å²) in [5.74, 6) is 4.02. The fraction of sp³-hybridized carbons (Fsp3) is 0.720. The van der Waals surface area contributed by atoms with E-state index < -0.39 is 0 Å². The molecular weight excluding hydrogens is 533 g/mol. The van der Waals surface area contributed by atoms with Gasteiger partial charge in [0.2, 0.25) is 0 Å². The minimum Gasteiger partial charge on any atom is -0.496 e. The van der Waals surface area contributed by atoms with Gasteiger partial charge in [0.1, 0.15) is 17.2 Å². The maximum absolute atomic E-state index is 6.24. The number of hydrogen-bond acceptors (Lipinski definition) is 5. The number of aliphatic imine (C=N–C) groups is 1. The number of nitrogens with one attached hydrogen (secondary N) is 1. The fourth-order valence-corrected chi connectivity index (χ4v) is 4.71. The minimum absolute atomic E-state index is 0. The van der Waals surface area contributed by atoms with E-state index in [4.69, 9.17) is 23.9 Å². The Morgan fingerprint density at radius 3 is 2.18 bits per heavy atom. The van der Waals surface area contributed by atoms with Crippen molar-refractivity contribution in [2.45, 2.75) is 58.0 Å². The van der Waals surface area contributed by atoms with E-state index in [-0.39, 0.29) is 24.0 Å². The van der Waals surface area contributed by atoms with E-state index >= 15 is 0 Å². The van der Waals surface area contributed by atoms with E-state index in [9.17, 15) is 0 Å². The molecule has 8 heteroatoms. The lowest BCUT2D eigenvalue weighted by molar-refractivity contribution is 0.00102. The molecule has 1 heterocycles. The van der Waals surface area contributed by atoms with Gasteiger partial charge in [0, 0.05) is 50.5 Å². The highest BCUT2D eigenvalue weighted by molar-refractivity contribution is 14.0. The van der Waals surface area contributed by atoms with Crippen LogP contribution < -0.4 is 19.5 Å². The maximum Gasteiger partial charge on any atom is 0.193 e. The van der Waals surface area contributed by atoms with Crippen molar-refractivity contribution >= 4 is 29.9 Å². The molecular formula is C25H42IN3O4. The first-order valence-electron chi connectivity index (χ1n) is 12.1. The first-order chi connectivity index (χ1) is 15.7. The van der Waals surface area contributed by atoms with Gasteiger partial charge in [-0.05, 0) is 44.9 Å². The van der Waals surface area contributed by atoms with Gasteiger partial charge in [-0.1, -0.05) is 12.8 Å². The topological polar surface area (TPSA) is 64.6 Å². The maximum atomic E-state index is 6.24. The summed E-state index contributed by atoms with van der Waals surface area (Å²) in [4.78, 5) is 7.27. The number of ether oxygens (including phenoxy) is 4. The highest BCUT2D eigenvalue weighted by Gasteiger charge is 2.24. The molecule has 1 N–H and O–H groups in total. The fourth-order valence-electron chi connectivity index (χ4n) is 4.71. The van der Waals surface area contributed by atoms with Gasteiger partial charge in [-0.15, -0.1) is 24.0 Å². The Balaban J connectivity index is 0.00000385. The Hall–Kier alpha value is -1.42. The number of hydrogen-bond donors (Lipinski definition) is 1. The molecule has 1 aliphatic carbocycles. The van der Waals surface area contributed by atoms with E-state index in [1.54, 1.807) is 21.3 Å². The Bertz CT molecular complexity index is 707. The molecule has 1 aromatic rings. The Kier molecular flexibility index (Phi) is 12.4. The van der Waals surface area contributed by atoms with Crippen LogP contribution in [0.2, 0.25) is 0 Å². The van der Waals surface area contributed by atoms with Crippen molar-refractivity contribution in [1.29, 1.82) is 0 Å². The van der Waals surface area contributed by atoms with E-state index in [1.165, 1.54) is 25.7 Å². The molecule has 0 radical (unpaired) electrons. The lowest BCUT2D eigenvalue weighted by Gasteiger charge is -2.34. The molecule has 0 amide bonds. The van der Waals surface area contributed by atoms with Crippen molar-refractivity contribution in [2.75, 3.05) is 54.1 Å². The van der Waals surface area contributed by atoms with Gasteiger partial charge in [0.25, 0.3) is 0 Å². The quantitative estimate of drug-likeness (QED) is 0.252. The van der Waals surface area contributed by atoms with Crippen LogP contribution in [-0.4, -0.2) is 71.1 Å². The molecule has 2 fully saturated rings. The second-order valence-corrected chi connectivity index (χ2v) is 8.67. The van der Waals surface area contributed by atoms with Crippen molar-refractivity contribution in [1.82, 2.24) is 10.2 Å². The molecule has 0 unspecified atom stereocenters. The predicted octanol–water partition coefficient (Wildman–Crippen LogP) is 4.51. The van der Waals surface area contributed by atoms with Gasteiger partial charge in [0.05, 0.1) is 27.4 Å². The SMILES string of the molecule is CCNC(=NCCc1c(OC)cc(OC)cc1OC)N1CCC(OCC2CCCC2)CC1.I. The van der Waals surface area contributed by atoms with Gasteiger partial charge in [-0.25, -0.2) is 0 Å². The summed E-state index contributed by atoms with van der Waals surface area (Å²) >= 11 is 0. The molecule has 1 saturated carbocycles. The molecule has 33 heavy (non-hydrogen) atoms. The summed E-state index contributed by atoms with van der Waals surface area (Å²) in [5.41, 5.74) is 1.01. The first-order valence-corrected chi connectivity index (χ1v) is 12.1. The molecule has 1 saturated heterocycles. The monoisotopic (exact) mass is 575 g/mol. The third kappa shape index (κ3) is 8.09. The number of likely N-dealkylation sites (tertiary alicyclic amines) is 1. The van der Waals surface area contributed by atoms with Crippen LogP contribution in [0, 0.1) is 5.92 Å². The van der Waals surface area contributed by atoms with Crippen LogP contribution >= 0.6 is 24.0 Å². The number of halogens is 1. The average Bonchev–Trinajstić information content (AvgIpc) is 3.36. The smallest absolute Gasteiger partial charge is 0.193 e. The van der Waals surface area contributed by atoms with Crippen molar-refractivity contribution in [2.24, 2.45) is 10.9 Å². The highest BCUT2D eigenvalue weighted by Crippen LogP contribution is 2.34. The van der Waals surface area contributed by atoms with Gasteiger partial charge >= 0.3 is 0 Å². The predicted molar refractivity (Wildman–Crippen MR) is 144 cm³/mol. The Labute approximate surface area is 216 Å². The van der Waals surface area contributed by atoms with Crippen LogP contribution in [0.15, 0.2) is 17.1 Å². The zero-order valence-corrected chi connectivity index (χ0v) is 23.1. The molecule has 3 rings (SSSR count). The molecule has 0 aromatic heterocycles. The second-order valence-electron chi connectivity index (χ2n) is 8.67. The number of methoxy groups -OCH3 is 3. The van der Waals surface area contributed by atoms with E-state index in [1.807, 2.05) is 12.1 Å². The highest BCUT2D eigenvalue weighted by atomic mass is 127. The third-order valence-corrected chi connectivity index (χ3v) is 6.56. The lowest BCUT2D eigenvalue weighted by atomic mass is 10.1. The molecule has 0 atom stereocenters. The largest absolute Gasteiger partial charge is 0.496 e. The van der Waals surface area contributed by atoms with Crippen LogP contribution in [0.25, 0.3) is 0 Å². The molecule has 1 aliphatic heterocycles. The number of benzene rings is 1. The number of guanidine groups is 1. The molecule has 2 aliphatic rings. The summed E-state index contributed by atoms with van der Waals surface area (Å²) in [5, 5.41) is 3.46. The van der Waals surface area contributed by atoms with E-state index in [2.05, 4.69) is 17.1 Å². The summed E-state index contributed by atoms with van der Waals surface area (Å²) in [7, 11) is 4.98.